The van der Waals surface area contributed by atoms with Gasteiger partial charge in [0.2, 0.25) is 5.91 Å². The number of primary amides is 1. The van der Waals surface area contributed by atoms with Crippen LogP contribution in [0.25, 0.3) is 0 Å². The number of amides is 1. The first-order valence-electron chi connectivity index (χ1n) is 7.11. The van der Waals surface area contributed by atoms with E-state index < -0.39 is 0 Å². The molecule has 0 unspecified atom stereocenters. The van der Waals surface area contributed by atoms with Crippen molar-refractivity contribution >= 4 is 11.6 Å². The Hall–Kier alpha value is -1.55. The first kappa shape index (κ1) is 12.5. The molecule has 0 radical (unpaired) electrons. The van der Waals surface area contributed by atoms with Gasteiger partial charge < -0.3 is 16.0 Å². The zero-order valence-electron chi connectivity index (χ0n) is 11.2. The largest absolute Gasteiger partial charge is 0.371 e. The van der Waals surface area contributed by atoms with Crippen LogP contribution >= 0.6 is 0 Å². The first-order valence-corrected chi connectivity index (χ1v) is 7.11. The lowest BCUT2D eigenvalue weighted by Gasteiger charge is -2.33. The summed E-state index contributed by atoms with van der Waals surface area (Å²) in [5.74, 6) is -0.0789. The van der Waals surface area contributed by atoms with Gasteiger partial charge in [-0.1, -0.05) is 6.07 Å². The Morgan fingerprint density at radius 1 is 1.26 bits per heavy atom. The lowest BCUT2D eigenvalue weighted by molar-refractivity contribution is -0.122. The van der Waals surface area contributed by atoms with Gasteiger partial charge in [0.25, 0.3) is 0 Å². The summed E-state index contributed by atoms with van der Waals surface area (Å²) in [6.07, 6.45) is 2.88. The monoisotopic (exact) mass is 259 g/mol. The predicted octanol–water partition coefficient (Wildman–Crippen LogP) is 1.03. The first-order chi connectivity index (χ1) is 9.24. The summed E-state index contributed by atoms with van der Waals surface area (Å²) in [5.41, 5.74) is 9.54. The van der Waals surface area contributed by atoms with Crippen LogP contribution in [0.5, 0.6) is 0 Å². The Labute approximate surface area is 114 Å². The molecule has 1 fully saturated rings. The summed E-state index contributed by atoms with van der Waals surface area (Å²) < 4.78 is 0. The smallest absolute Gasteiger partial charge is 0.220 e. The Morgan fingerprint density at radius 3 is 2.79 bits per heavy atom. The van der Waals surface area contributed by atoms with Gasteiger partial charge in [-0.15, -0.1) is 0 Å². The number of carbonyl (C=O) groups excluding carboxylic acids is 1. The van der Waals surface area contributed by atoms with E-state index in [9.17, 15) is 4.79 Å². The molecule has 0 spiro atoms. The van der Waals surface area contributed by atoms with Crippen LogP contribution in [0.2, 0.25) is 0 Å². The van der Waals surface area contributed by atoms with Gasteiger partial charge in [-0.25, -0.2) is 0 Å². The lowest BCUT2D eigenvalue weighted by Crippen LogP contribution is -2.38. The van der Waals surface area contributed by atoms with E-state index in [-0.39, 0.29) is 11.8 Å². The molecule has 2 aliphatic rings. The van der Waals surface area contributed by atoms with Crippen LogP contribution in [0.4, 0.5) is 5.69 Å². The van der Waals surface area contributed by atoms with Gasteiger partial charge in [0.05, 0.1) is 0 Å². The van der Waals surface area contributed by atoms with E-state index in [0.717, 1.165) is 45.4 Å². The van der Waals surface area contributed by atoms with Gasteiger partial charge >= 0.3 is 0 Å². The van der Waals surface area contributed by atoms with Crippen molar-refractivity contribution in [2.75, 3.05) is 24.5 Å². The summed E-state index contributed by atoms with van der Waals surface area (Å²) in [6, 6.07) is 6.77. The molecule has 1 amide bonds. The molecule has 102 valence electrons. The number of hydrogen-bond acceptors (Lipinski definition) is 3. The average molecular weight is 259 g/mol. The number of carbonyl (C=O) groups is 1. The maximum Gasteiger partial charge on any atom is 0.220 e. The second kappa shape index (κ2) is 5.21. The SMILES string of the molecule is NC(=O)C1CCN(c2ccc3c(c2)CNCC3)CC1. The van der Waals surface area contributed by atoms with Crippen LogP contribution in [-0.4, -0.2) is 25.5 Å². The van der Waals surface area contributed by atoms with Crippen molar-refractivity contribution in [3.05, 3.63) is 29.3 Å². The Morgan fingerprint density at radius 2 is 2.05 bits per heavy atom. The zero-order chi connectivity index (χ0) is 13.2. The molecule has 0 bridgehead atoms. The standard InChI is InChI=1S/C15H21N3O/c16-15(19)12-4-7-18(8-5-12)14-2-1-11-3-6-17-10-13(11)9-14/h1-2,9,12,17H,3-8,10H2,(H2,16,19). The lowest BCUT2D eigenvalue weighted by atomic mass is 9.95. The molecule has 1 saturated heterocycles. The van der Waals surface area contributed by atoms with Crippen molar-refractivity contribution in [3.8, 4) is 0 Å². The number of fused-ring (bicyclic) bond motifs is 1. The summed E-state index contributed by atoms with van der Waals surface area (Å²) in [5, 5.41) is 3.41. The van der Waals surface area contributed by atoms with Crippen molar-refractivity contribution < 1.29 is 4.79 Å². The van der Waals surface area contributed by atoms with Crippen molar-refractivity contribution in [2.45, 2.75) is 25.8 Å². The van der Waals surface area contributed by atoms with Crippen LogP contribution in [0.15, 0.2) is 18.2 Å². The minimum absolute atomic E-state index is 0.0653. The number of benzene rings is 1. The molecular weight excluding hydrogens is 238 g/mol. The van der Waals surface area contributed by atoms with E-state index >= 15 is 0 Å². The molecule has 0 aliphatic carbocycles. The van der Waals surface area contributed by atoms with Crippen LogP contribution in [0.1, 0.15) is 24.0 Å². The number of rotatable bonds is 2. The molecule has 0 saturated carbocycles. The van der Waals surface area contributed by atoms with Crippen LogP contribution in [-0.2, 0) is 17.8 Å². The highest BCUT2D eigenvalue weighted by molar-refractivity contribution is 5.77. The van der Waals surface area contributed by atoms with Gasteiger partial charge in [0, 0.05) is 31.2 Å². The van der Waals surface area contributed by atoms with Gasteiger partial charge in [0.15, 0.2) is 0 Å². The molecule has 2 heterocycles. The summed E-state index contributed by atoms with van der Waals surface area (Å²) in [4.78, 5) is 13.6. The van der Waals surface area contributed by atoms with Crippen molar-refractivity contribution in [3.63, 3.8) is 0 Å². The second-order valence-electron chi connectivity index (χ2n) is 5.54. The Kier molecular flexibility index (Phi) is 3.42. The van der Waals surface area contributed by atoms with Gasteiger partial charge in [-0.3, -0.25) is 4.79 Å². The molecule has 0 atom stereocenters. The molecule has 19 heavy (non-hydrogen) atoms. The molecule has 1 aromatic carbocycles. The van der Waals surface area contributed by atoms with Crippen molar-refractivity contribution in [1.82, 2.24) is 5.32 Å². The van der Waals surface area contributed by atoms with E-state index in [1.54, 1.807) is 0 Å². The molecule has 3 rings (SSSR count). The third kappa shape index (κ3) is 2.59. The number of nitrogens with two attached hydrogens (primary N) is 1. The Balaban J connectivity index is 1.71. The topological polar surface area (TPSA) is 58.4 Å². The fraction of sp³-hybridized carbons (Fsp3) is 0.533. The fourth-order valence-corrected chi connectivity index (χ4v) is 3.09. The molecule has 4 heteroatoms. The van der Waals surface area contributed by atoms with Gasteiger partial charge in [-0.05, 0) is 49.1 Å². The normalized spacial score (nSPS) is 20.1. The molecule has 1 aromatic rings. The van der Waals surface area contributed by atoms with Crippen molar-refractivity contribution in [1.29, 1.82) is 0 Å². The minimum Gasteiger partial charge on any atom is -0.371 e. The maximum absolute atomic E-state index is 11.2. The molecule has 4 nitrogen and oxygen atoms in total. The van der Waals surface area contributed by atoms with Crippen molar-refractivity contribution in [2.24, 2.45) is 11.7 Å². The highest BCUT2D eigenvalue weighted by atomic mass is 16.1. The van der Waals surface area contributed by atoms with Crippen LogP contribution in [0, 0.1) is 5.92 Å². The number of nitrogens with one attached hydrogen (secondary N) is 1. The second-order valence-corrected chi connectivity index (χ2v) is 5.54. The number of nitrogens with zero attached hydrogens (tertiary/aromatic N) is 1. The van der Waals surface area contributed by atoms with E-state index in [1.165, 1.54) is 16.8 Å². The van der Waals surface area contributed by atoms with Gasteiger partial charge in [0.1, 0.15) is 0 Å². The third-order valence-corrected chi connectivity index (χ3v) is 4.34. The molecular formula is C15H21N3O. The Bertz CT molecular complexity index is 478. The number of hydrogen-bond donors (Lipinski definition) is 2. The van der Waals surface area contributed by atoms with E-state index in [0.29, 0.717) is 0 Å². The predicted molar refractivity (Wildman–Crippen MR) is 76.0 cm³/mol. The maximum atomic E-state index is 11.2. The van der Waals surface area contributed by atoms with Crippen LogP contribution in [0.3, 0.4) is 0 Å². The summed E-state index contributed by atoms with van der Waals surface area (Å²) >= 11 is 0. The number of anilines is 1. The minimum atomic E-state index is -0.144. The fourth-order valence-electron chi connectivity index (χ4n) is 3.09. The average Bonchev–Trinajstić information content (AvgIpc) is 2.47. The quantitative estimate of drug-likeness (QED) is 0.834. The molecule has 3 N–H and O–H groups in total. The van der Waals surface area contributed by atoms with E-state index in [4.69, 9.17) is 5.73 Å². The highest BCUT2D eigenvalue weighted by Gasteiger charge is 2.23. The summed E-state index contributed by atoms with van der Waals surface area (Å²) in [7, 11) is 0. The van der Waals surface area contributed by atoms with Crippen LogP contribution < -0.4 is 16.0 Å². The van der Waals surface area contributed by atoms with E-state index in [2.05, 4.69) is 28.4 Å². The van der Waals surface area contributed by atoms with E-state index in [1.807, 2.05) is 0 Å². The highest BCUT2D eigenvalue weighted by Crippen LogP contribution is 2.26. The zero-order valence-corrected chi connectivity index (χ0v) is 11.2. The third-order valence-electron chi connectivity index (χ3n) is 4.34. The van der Waals surface area contributed by atoms with Gasteiger partial charge in [-0.2, -0.15) is 0 Å². The summed E-state index contributed by atoms with van der Waals surface area (Å²) in [6.45, 7) is 3.91. The molecule has 2 aliphatic heterocycles. The molecule has 0 aromatic heterocycles. The number of piperidine rings is 1.